The fourth-order valence-electron chi connectivity index (χ4n) is 5.18. The highest BCUT2D eigenvalue weighted by Crippen LogP contribution is 2.40. The van der Waals surface area contributed by atoms with Crippen LogP contribution in [-0.4, -0.2) is 85.2 Å². The quantitative estimate of drug-likeness (QED) is 0.276. The van der Waals surface area contributed by atoms with Crippen LogP contribution in [0.15, 0.2) is 48.0 Å². The van der Waals surface area contributed by atoms with E-state index in [9.17, 15) is 19.5 Å². The van der Waals surface area contributed by atoms with Crippen LogP contribution < -0.4 is 4.74 Å². The van der Waals surface area contributed by atoms with Crippen LogP contribution in [0.4, 0.5) is 0 Å². The molecule has 9 nitrogen and oxygen atoms in total. The molecule has 3 aliphatic heterocycles. The monoisotopic (exact) mass is 506 g/mol. The summed E-state index contributed by atoms with van der Waals surface area (Å²) in [4.78, 5) is 42.2. The van der Waals surface area contributed by atoms with Gasteiger partial charge in [0.25, 0.3) is 11.7 Å². The molecule has 3 heterocycles. The summed E-state index contributed by atoms with van der Waals surface area (Å²) in [7, 11) is 1.30. The second kappa shape index (κ2) is 10.4. The number of fused-ring (bicyclic) bond motifs is 1. The number of aliphatic hydroxyl groups is 1. The van der Waals surface area contributed by atoms with Gasteiger partial charge in [-0.3, -0.25) is 14.5 Å². The van der Waals surface area contributed by atoms with Crippen molar-refractivity contribution in [2.45, 2.75) is 25.5 Å². The summed E-state index contributed by atoms with van der Waals surface area (Å²) in [5.41, 5.74) is 2.40. The molecule has 9 heteroatoms. The second-order valence-corrected chi connectivity index (χ2v) is 9.52. The van der Waals surface area contributed by atoms with Gasteiger partial charge in [-0.1, -0.05) is 12.1 Å². The molecule has 2 saturated heterocycles. The van der Waals surface area contributed by atoms with Crippen molar-refractivity contribution in [3.05, 3.63) is 70.3 Å². The molecular weight excluding hydrogens is 476 g/mol. The number of carbonyl (C=O) groups excluding carboxylic acids is 3. The first kappa shape index (κ1) is 25.0. The largest absolute Gasteiger partial charge is 0.507 e. The number of benzene rings is 2. The lowest BCUT2D eigenvalue weighted by Gasteiger charge is -2.31. The fraction of sp³-hybridized carbons (Fsp3) is 0.393. The Hall–Kier alpha value is -3.69. The van der Waals surface area contributed by atoms with Crippen molar-refractivity contribution in [1.29, 1.82) is 0 Å². The van der Waals surface area contributed by atoms with Gasteiger partial charge in [-0.15, -0.1) is 0 Å². The first-order valence-corrected chi connectivity index (χ1v) is 12.4. The molecule has 0 saturated carbocycles. The minimum atomic E-state index is -0.795. The minimum absolute atomic E-state index is 0.0321. The third-order valence-electron chi connectivity index (χ3n) is 7.12. The Balaban J connectivity index is 1.53. The van der Waals surface area contributed by atoms with E-state index >= 15 is 0 Å². The third kappa shape index (κ3) is 4.84. The molecule has 194 valence electrons. The number of aliphatic hydroxyl groups excluding tert-OH is 1. The van der Waals surface area contributed by atoms with Gasteiger partial charge in [-0.25, -0.2) is 4.79 Å². The van der Waals surface area contributed by atoms with Gasteiger partial charge >= 0.3 is 5.97 Å². The number of hydrogen-bond acceptors (Lipinski definition) is 8. The van der Waals surface area contributed by atoms with Crippen LogP contribution >= 0.6 is 0 Å². The molecule has 1 N–H and O–H groups in total. The zero-order valence-corrected chi connectivity index (χ0v) is 20.9. The van der Waals surface area contributed by atoms with Gasteiger partial charge < -0.3 is 24.2 Å². The molecule has 2 aromatic carbocycles. The van der Waals surface area contributed by atoms with Gasteiger partial charge in [0.1, 0.15) is 17.6 Å². The molecule has 3 aliphatic rings. The Kier molecular flexibility index (Phi) is 6.99. The van der Waals surface area contributed by atoms with E-state index in [0.29, 0.717) is 49.4 Å². The Morgan fingerprint density at radius 3 is 2.46 bits per heavy atom. The lowest BCUT2D eigenvalue weighted by molar-refractivity contribution is -0.140. The zero-order valence-electron chi connectivity index (χ0n) is 20.9. The number of rotatable bonds is 6. The number of amides is 1. The van der Waals surface area contributed by atoms with Gasteiger partial charge in [0, 0.05) is 38.2 Å². The van der Waals surface area contributed by atoms with Gasteiger partial charge in [0.2, 0.25) is 0 Å². The van der Waals surface area contributed by atoms with E-state index in [-0.39, 0.29) is 17.4 Å². The molecule has 0 spiro atoms. The van der Waals surface area contributed by atoms with Gasteiger partial charge in [-0.05, 0) is 48.4 Å². The molecule has 0 aliphatic carbocycles. The Morgan fingerprint density at radius 1 is 1.05 bits per heavy atom. The minimum Gasteiger partial charge on any atom is -0.507 e. The first-order valence-electron chi connectivity index (χ1n) is 12.4. The maximum absolute atomic E-state index is 13.3. The average molecular weight is 507 g/mol. The van der Waals surface area contributed by atoms with E-state index in [1.807, 2.05) is 13.0 Å². The van der Waals surface area contributed by atoms with Gasteiger partial charge in [-0.2, -0.15) is 0 Å². The summed E-state index contributed by atoms with van der Waals surface area (Å²) in [6, 6.07) is 11.1. The highest BCUT2D eigenvalue weighted by atomic mass is 16.5. The fourth-order valence-corrected chi connectivity index (χ4v) is 5.18. The van der Waals surface area contributed by atoms with Crippen LogP contribution in [0.1, 0.15) is 40.0 Å². The standard InChI is InChI=1S/C28H30N2O7/c1-17-15-21-16-20(7-8-22(21)37-17)25(31)23-24(18-3-5-19(6-4-18)28(34)35-2)30(27(33)26(23)32)10-9-29-11-13-36-14-12-29/h3-8,16-17,24,31H,9-15H2,1-2H3/b25-23+/t17-,24+/m0/s1. The molecule has 5 rings (SSSR count). The molecule has 0 bridgehead atoms. The summed E-state index contributed by atoms with van der Waals surface area (Å²) in [6.45, 7) is 5.59. The Morgan fingerprint density at radius 2 is 1.76 bits per heavy atom. The van der Waals surface area contributed by atoms with Crippen molar-refractivity contribution < 1.29 is 33.7 Å². The number of ether oxygens (including phenoxy) is 3. The normalized spacial score (nSPS) is 23.1. The van der Waals surface area contributed by atoms with E-state index < -0.39 is 23.7 Å². The SMILES string of the molecule is COC(=O)c1ccc([C@@H]2/C(=C(\O)c3ccc4c(c3)C[C@H](C)O4)C(=O)C(=O)N2CCN2CCOCC2)cc1. The second-order valence-electron chi connectivity index (χ2n) is 9.52. The van der Waals surface area contributed by atoms with Crippen molar-refractivity contribution >= 4 is 23.4 Å². The van der Waals surface area contributed by atoms with Crippen LogP contribution in [0.2, 0.25) is 0 Å². The number of carbonyl (C=O) groups is 3. The molecule has 2 aromatic rings. The molecule has 0 radical (unpaired) electrons. The van der Waals surface area contributed by atoms with Crippen LogP contribution in [0.3, 0.4) is 0 Å². The Labute approximate surface area is 215 Å². The number of Topliss-reactive ketones (excluding diaryl/α,β-unsaturated/α-hetero) is 1. The summed E-state index contributed by atoms with van der Waals surface area (Å²) in [5, 5.41) is 11.4. The van der Waals surface area contributed by atoms with E-state index in [0.717, 1.165) is 24.4 Å². The van der Waals surface area contributed by atoms with Crippen molar-refractivity contribution in [3.63, 3.8) is 0 Å². The lowest BCUT2D eigenvalue weighted by atomic mass is 9.94. The number of morpholine rings is 1. The van der Waals surface area contributed by atoms with Crippen LogP contribution in [0.25, 0.3) is 5.76 Å². The number of likely N-dealkylation sites (tertiary alicyclic amines) is 1. The van der Waals surface area contributed by atoms with Gasteiger partial charge in [0.15, 0.2) is 0 Å². The molecule has 1 amide bonds. The third-order valence-corrected chi connectivity index (χ3v) is 7.12. The topological polar surface area (TPSA) is 106 Å². The van der Waals surface area contributed by atoms with Crippen molar-refractivity contribution in [3.8, 4) is 5.75 Å². The van der Waals surface area contributed by atoms with Crippen molar-refractivity contribution in [2.75, 3.05) is 46.5 Å². The maximum atomic E-state index is 13.3. The Bertz CT molecular complexity index is 1250. The van der Waals surface area contributed by atoms with Crippen LogP contribution in [0, 0.1) is 0 Å². The molecule has 2 atom stereocenters. The van der Waals surface area contributed by atoms with Crippen LogP contribution in [0.5, 0.6) is 5.75 Å². The molecule has 0 unspecified atom stereocenters. The molecular formula is C28H30N2O7. The first-order chi connectivity index (χ1) is 17.9. The van der Waals surface area contributed by atoms with Crippen LogP contribution in [-0.2, 0) is 25.5 Å². The maximum Gasteiger partial charge on any atom is 0.337 e. The summed E-state index contributed by atoms with van der Waals surface area (Å²) >= 11 is 0. The number of esters is 1. The average Bonchev–Trinajstić information content (AvgIpc) is 3.42. The van der Waals surface area contributed by atoms with E-state index in [4.69, 9.17) is 14.2 Å². The van der Waals surface area contributed by atoms with Crippen molar-refractivity contribution in [2.24, 2.45) is 0 Å². The van der Waals surface area contributed by atoms with E-state index in [1.165, 1.54) is 12.0 Å². The lowest BCUT2D eigenvalue weighted by Crippen LogP contribution is -2.42. The van der Waals surface area contributed by atoms with Crippen molar-refractivity contribution in [1.82, 2.24) is 9.80 Å². The number of methoxy groups -OCH3 is 1. The van der Waals surface area contributed by atoms with E-state index in [1.54, 1.807) is 36.4 Å². The highest BCUT2D eigenvalue weighted by Gasteiger charge is 2.46. The molecule has 2 fully saturated rings. The predicted molar refractivity (Wildman–Crippen MR) is 134 cm³/mol. The molecule has 0 aromatic heterocycles. The van der Waals surface area contributed by atoms with E-state index in [2.05, 4.69) is 4.90 Å². The smallest absolute Gasteiger partial charge is 0.337 e. The van der Waals surface area contributed by atoms with Gasteiger partial charge in [0.05, 0.1) is 37.5 Å². The summed E-state index contributed by atoms with van der Waals surface area (Å²) < 4.78 is 16.0. The number of hydrogen-bond donors (Lipinski definition) is 1. The number of ketones is 1. The molecule has 37 heavy (non-hydrogen) atoms. The predicted octanol–water partition coefficient (Wildman–Crippen LogP) is 2.55. The summed E-state index contributed by atoms with van der Waals surface area (Å²) in [6.07, 6.45) is 0.731. The number of nitrogens with zero attached hydrogens (tertiary/aromatic N) is 2. The zero-order chi connectivity index (χ0) is 26.1. The highest BCUT2D eigenvalue weighted by molar-refractivity contribution is 6.46. The summed E-state index contributed by atoms with van der Waals surface area (Å²) in [5.74, 6) is -1.34.